The van der Waals surface area contributed by atoms with Gasteiger partial charge in [-0.2, -0.15) is 5.26 Å². The Hall–Kier alpha value is -1.40. The largest absolute Gasteiger partial charge is 0.309 e. The van der Waals surface area contributed by atoms with Gasteiger partial charge in [-0.1, -0.05) is 30.3 Å². The highest BCUT2D eigenvalue weighted by atomic mass is 19.1. The molecule has 0 aliphatic rings. The second kappa shape index (κ2) is 5.28. The molecule has 0 spiro atoms. The van der Waals surface area contributed by atoms with Gasteiger partial charge in [-0.3, -0.25) is 0 Å². The summed E-state index contributed by atoms with van der Waals surface area (Å²) >= 11 is 0. The normalized spacial score (nSPS) is 12.0. The van der Waals surface area contributed by atoms with E-state index in [1.807, 2.05) is 30.3 Å². The van der Waals surface area contributed by atoms with E-state index in [-0.39, 0.29) is 6.54 Å². The zero-order chi connectivity index (χ0) is 9.52. The first kappa shape index (κ1) is 9.69. The van der Waals surface area contributed by atoms with Crippen molar-refractivity contribution < 1.29 is 4.39 Å². The predicted molar refractivity (Wildman–Crippen MR) is 48.7 cm³/mol. The third kappa shape index (κ3) is 3.68. The molecule has 0 saturated carbocycles. The Bertz CT molecular complexity index is 279. The van der Waals surface area contributed by atoms with Crippen molar-refractivity contribution >= 4 is 0 Å². The highest BCUT2D eigenvalue weighted by molar-refractivity contribution is 5.14. The number of hydrogen-bond acceptors (Lipinski definition) is 2. The van der Waals surface area contributed by atoms with Crippen LogP contribution in [0.25, 0.3) is 0 Å². The van der Waals surface area contributed by atoms with E-state index in [4.69, 9.17) is 5.26 Å². The average molecular weight is 178 g/mol. The summed E-state index contributed by atoms with van der Waals surface area (Å²) in [6, 6.07) is 11.2. The number of hydrogen-bond donors (Lipinski definition) is 1. The lowest BCUT2D eigenvalue weighted by Gasteiger charge is -2.03. The monoisotopic (exact) mass is 178 g/mol. The molecule has 1 aromatic carbocycles. The van der Waals surface area contributed by atoms with Crippen molar-refractivity contribution in [2.75, 3.05) is 6.54 Å². The lowest BCUT2D eigenvalue weighted by Crippen LogP contribution is -2.22. The molecule has 0 amide bonds. The summed E-state index contributed by atoms with van der Waals surface area (Å²) in [5.74, 6) is 0. The van der Waals surface area contributed by atoms with Crippen molar-refractivity contribution in [3.63, 3.8) is 0 Å². The minimum atomic E-state index is -1.41. The summed E-state index contributed by atoms with van der Waals surface area (Å²) in [4.78, 5) is 0. The van der Waals surface area contributed by atoms with E-state index in [0.29, 0.717) is 6.54 Å². The van der Waals surface area contributed by atoms with Gasteiger partial charge in [0.1, 0.15) is 6.07 Å². The standard InChI is InChI=1S/C10H11FN2/c11-10(6-12)8-13-7-9-4-2-1-3-5-9/h1-5,10,13H,7-8H2. The Kier molecular flexibility index (Phi) is 3.94. The SMILES string of the molecule is N#CC(F)CNCc1ccccc1. The number of rotatable bonds is 4. The van der Waals surface area contributed by atoms with Crippen molar-refractivity contribution in [3.05, 3.63) is 35.9 Å². The molecule has 1 unspecified atom stereocenters. The molecule has 0 saturated heterocycles. The highest BCUT2D eigenvalue weighted by Crippen LogP contribution is 1.97. The number of alkyl halides is 1. The Balaban J connectivity index is 2.25. The summed E-state index contributed by atoms with van der Waals surface area (Å²) < 4.78 is 12.4. The maximum absolute atomic E-state index is 12.4. The van der Waals surface area contributed by atoms with Crippen LogP contribution in [0.1, 0.15) is 5.56 Å². The topological polar surface area (TPSA) is 35.8 Å². The van der Waals surface area contributed by atoms with Crippen LogP contribution in [0.15, 0.2) is 30.3 Å². The zero-order valence-corrected chi connectivity index (χ0v) is 7.20. The Morgan fingerprint density at radius 2 is 2.08 bits per heavy atom. The predicted octanol–water partition coefficient (Wildman–Crippen LogP) is 1.64. The van der Waals surface area contributed by atoms with Gasteiger partial charge in [0, 0.05) is 13.1 Å². The highest BCUT2D eigenvalue weighted by Gasteiger charge is 2.01. The first-order chi connectivity index (χ1) is 6.33. The minimum Gasteiger partial charge on any atom is -0.309 e. The zero-order valence-electron chi connectivity index (χ0n) is 7.20. The van der Waals surface area contributed by atoms with E-state index in [1.165, 1.54) is 6.07 Å². The van der Waals surface area contributed by atoms with Crippen LogP contribution in [-0.2, 0) is 6.54 Å². The van der Waals surface area contributed by atoms with Crippen molar-refractivity contribution in [2.24, 2.45) is 0 Å². The van der Waals surface area contributed by atoms with Gasteiger partial charge in [0.25, 0.3) is 0 Å². The van der Waals surface area contributed by atoms with Crippen LogP contribution in [0, 0.1) is 11.3 Å². The first-order valence-electron chi connectivity index (χ1n) is 4.11. The van der Waals surface area contributed by atoms with Crippen molar-refractivity contribution in [1.29, 1.82) is 5.26 Å². The summed E-state index contributed by atoms with van der Waals surface area (Å²) in [5.41, 5.74) is 1.09. The van der Waals surface area contributed by atoms with Gasteiger partial charge in [0.15, 0.2) is 6.17 Å². The maximum atomic E-state index is 12.4. The van der Waals surface area contributed by atoms with Crippen LogP contribution >= 0.6 is 0 Å². The van der Waals surface area contributed by atoms with Gasteiger partial charge in [-0.25, -0.2) is 4.39 Å². The minimum absolute atomic E-state index is 0.0887. The molecule has 2 nitrogen and oxygen atoms in total. The second-order valence-corrected chi connectivity index (χ2v) is 2.71. The molecular weight excluding hydrogens is 167 g/mol. The van der Waals surface area contributed by atoms with Crippen molar-refractivity contribution in [2.45, 2.75) is 12.7 Å². The second-order valence-electron chi connectivity index (χ2n) is 2.71. The van der Waals surface area contributed by atoms with Crippen molar-refractivity contribution in [1.82, 2.24) is 5.32 Å². The van der Waals surface area contributed by atoms with Crippen LogP contribution in [0.2, 0.25) is 0 Å². The Morgan fingerprint density at radius 1 is 1.38 bits per heavy atom. The quantitative estimate of drug-likeness (QED) is 0.760. The van der Waals surface area contributed by atoms with Gasteiger partial charge in [-0.15, -0.1) is 0 Å². The lowest BCUT2D eigenvalue weighted by atomic mass is 10.2. The number of nitriles is 1. The molecule has 0 fully saturated rings. The fourth-order valence-corrected chi connectivity index (χ4v) is 0.985. The van der Waals surface area contributed by atoms with Crippen LogP contribution in [0.3, 0.4) is 0 Å². The summed E-state index contributed by atoms with van der Waals surface area (Å²) in [7, 11) is 0. The molecule has 0 radical (unpaired) electrons. The van der Waals surface area contributed by atoms with Gasteiger partial charge < -0.3 is 5.32 Å². The smallest absolute Gasteiger partial charge is 0.198 e. The molecule has 1 aromatic rings. The van der Waals surface area contributed by atoms with E-state index in [1.54, 1.807) is 0 Å². The molecule has 0 aliphatic heterocycles. The fraction of sp³-hybridized carbons (Fsp3) is 0.300. The van der Waals surface area contributed by atoms with Gasteiger partial charge in [-0.05, 0) is 5.56 Å². The van der Waals surface area contributed by atoms with Gasteiger partial charge in [0.2, 0.25) is 0 Å². The summed E-state index contributed by atoms with van der Waals surface area (Å²) in [6.07, 6.45) is -1.41. The molecule has 0 aromatic heterocycles. The molecule has 68 valence electrons. The van der Waals surface area contributed by atoms with Gasteiger partial charge in [0.05, 0.1) is 0 Å². The average Bonchev–Trinajstić information content (AvgIpc) is 2.19. The van der Waals surface area contributed by atoms with E-state index in [2.05, 4.69) is 5.32 Å². The number of benzene rings is 1. The Morgan fingerprint density at radius 3 is 2.69 bits per heavy atom. The Labute approximate surface area is 77.0 Å². The molecule has 1 rings (SSSR count). The fourth-order valence-electron chi connectivity index (χ4n) is 0.985. The molecular formula is C10H11FN2. The third-order valence-corrected chi connectivity index (χ3v) is 1.64. The van der Waals surface area contributed by atoms with Crippen molar-refractivity contribution in [3.8, 4) is 6.07 Å². The third-order valence-electron chi connectivity index (χ3n) is 1.64. The molecule has 1 atom stereocenters. The van der Waals surface area contributed by atoms with E-state index in [9.17, 15) is 4.39 Å². The van der Waals surface area contributed by atoms with Crippen LogP contribution in [0.4, 0.5) is 4.39 Å². The van der Waals surface area contributed by atoms with Crippen LogP contribution < -0.4 is 5.32 Å². The maximum Gasteiger partial charge on any atom is 0.198 e. The van der Waals surface area contributed by atoms with E-state index in [0.717, 1.165) is 5.56 Å². The summed E-state index contributed by atoms with van der Waals surface area (Å²) in [5, 5.41) is 11.0. The molecule has 0 aliphatic carbocycles. The number of halogens is 1. The van der Waals surface area contributed by atoms with Crippen LogP contribution in [0.5, 0.6) is 0 Å². The molecule has 3 heteroatoms. The van der Waals surface area contributed by atoms with Gasteiger partial charge >= 0.3 is 0 Å². The van der Waals surface area contributed by atoms with E-state index >= 15 is 0 Å². The number of nitrogens with zero attached hydrogens (tertiary/aromatic N) is 1. The molecule has 0 heterocycles. The molecule has 0 bridgehead atoms. The molecule has 1 N–H and O–H groups in total. The van der Waals surface area contributed by atoms with E-state index < -0.39 is 6.17 Å². The van der Waals surface area contributed by atoms with Crippen LogP contribution in [-0.4, -0.2) is 12.7 Å². The summed E-state index contributed by atoms with van der Waals surface area (Å²) in [6.45, 7) is 0.689. The lowest BCUT2D eigenvalue weighted by molar-refractivity contribution is 0.387. The number of nitrogens with one attached hydrogen (secondary N) is 1. The first-order valence-corrected chi connectivity index (χ1v) is 4.11. The molecule has 13 heavy (non-hydrogen) atoms.